The molecule has 0 aromatic rings. The van der Waals surface area contributed by atoms with Gasteiger partial charge in [-0.25, -0.2) is 4.79 Å². The summed E-state index contributed by atoms with van der Waals surface area (Å²) >= 11 is 0. The monoisotopic (exact) mass is 832 g/mol. The summed E-state index contributed by atoms with van der Waals surface area (Å²) in [6.07, 6.45) is 11.3. The van der Waals surface area contributed by atoms with E-state index in [2.05, 4.69) is 18.9 Å². The van der Waals surface area contributed by atoms with Gasteiger partial charge in [0.15, 0.2) is 0 Å². The van der Waals surface area contributed by atoms with Gasteiger partial charge in [-0.05, 0) is 96.0 Å². The van der Waals surface area contributed by atoms with E-state index in [1.54, 1.807) is 26.0 Å². The zero-order valence-corrected chi connectivity index (χ0v) is 35.2. The normalized spacial score (nSPS) is 37.8. The largest absolute Gasteiger partial charge is 0.456 e. The van der Waals surface area contributed by atoms with E-state index in [0.29, 0.717) is 51.4 Å². The van der Waals surface area contributed by atoms with Crippen molar-refractivity contribution in [1.29, 1.82) is 0 Å². The highest BCUT2D eigenvalue weighted by molar-refractivity contribution is 6.39. The number of rotatable bonds is 7. The van der Waals surface area contributed by atoms with E-state index in [-0.39, 0.29) is 76.4 Å². The molecule has 1 unspecified atom stereocenters. The Balaban J connectivity index is 0.00000291. The number of cyclic esters (lactones) is 1. The molecule has 3 fully saturated rings. The van der Waals surface area contributed by atoms with Crippen molar-refractivity contribution in [2.24, 2.45) is 35.5 Å². The second-order valence-corrected chi connectivity index (χ2v) is 16.9. The fourth-order valence-electron chi connectivity index (χ4n) is 8.88. The van der Waals surface area contributed by atoms with Gasteiger partial charge < -0.3 is 44.6 Å². The highest BCUT2D eigenvalue weighted by atomic mass is 16.6. The number of aliphatic hydroxyl groups is 5. The molecule has 13 atom stereocenters. The number of allylic oxidation sites excluding steroid dienone is 4. The first-order valence-corrected chi connectivity index (χ1v) is 21.0. The SMILES string of the molecule is C.C#CC.C=CC[C@@H]1/C=C(\C)C[C@H](C)C[C@H](OC)[C@H]2O[C@](O)(CC[C@@H]2CO)C(=O)C(=O)N2CCCCC2C(=O)O[C@H](/C=C/[C@@H]2CC[C@@H](O)[C@H](CO)C2)[C@H](C)[C@@H](O)CC1=O. The third-order valence-corrected chi connectivity index (χ3v) is 12.3. The molecule has 5 N–H and O–H groups in total. The van der Waals surface area contributed by atoms with Crippen LogP contribution in [0.5, 0.6) is 0 Å². The van der Waals surface area contributed by atoms with Gasteiger partial charge in [-0.1, -0.05) is 45.1 Å². The number of aliphatic hydroxyl groups excluding tert-OH is 4. The molecule has 59 heavy (non-hydrogen) atoms. The van der Waals surface area contributed by atoms with Crippen molar-refractivity contribution in [2.45, 2.75) is 155 Å². The number of hydrogen-bond donors (Lipinski definition) is 5. The summed E-state index contributed by atoms with van der Waals surface area (Å²) in [5.41, 5.74) is 0.932. The lowest BCUT2D eigenvalue weighted by Crippen LogP contribution is -2.60. The quantitative estimate of drug-likeness (QED) is 0.105. The van der Waals surface area contributed by atoms with Crippen LogP contribution in [-0.2, 0) is 33.4 Å². The van der Waals surface area contributed by atoms with Gasteiger partial charge in [-0.3, -0.25) is 14.4 Å². The van der Waals surface area contributed by atoms with Crippen molar-refractivity contribution < 1.29 is 58.9 Å². The first-order chi connectivity index (χ1) is 27.6. The van der Waals surface area contributed by atoms with Gasteiger partial charge in [-0.2, -0.15) is 0 Å². The second-order valence-electron chi connectivity index (χ2n) is 16.9. The van der Waals surface area contributed by atoms with Crippen molar-refractivity contribution in [3.05, 3.63) is 36.5 Å². The van der Waals surface area contributed by atoms with Crippen LogP contribution in [0.4, 0.5) is 0 Å². The standard InChI is InChI=1S/C42H65NO12.C3H4.CH4/c1-6-9-29-19-25(2)18-26(3)20-37(53-5)38-30(23-44)15-16-42(52,55-38)39(49)40(50)43-17-8-7-10-32(43)41(51)54-36(27(4)34(47)22-35(29)48)14-12-28-11-13-33(46)31(21-28)24-45;1-3-2;/h6,12,14,19,26-34,36-38,44-47,52H,1,7-11,13,15-18,20-24H2,2-5H3;1H,2H3;1H4/b14-12+,25-19+;;/t26-,27+,28-,29+,30+,31-,32?,33+,34-,36+,37-,38-,42+;;/m0../s1. The fourth-order valence-corrected chi connectivity index (χ4v) is 8.88. The number of amides is 1. The van der Waals surface area contributed by atoms with Crippen LogP contribution in [0.15, 0.2) is 36.5 Å². The highest BCUT2D eigenvalue weighted by Crippen LogP contribution is 2.37. The Morgan fingerprint density at radius 3 is 2.31 bits per heavy atom. The van der Waals surface area contributed by atoms with Crippen molar-refractivity contribution in [1.82, 2.24) is 4.90 Å². The van der Waals surface area contributed by atoms with Gasteiger partial charge >= 0.3 is 5.97 Å². The molecule has 13 heteroatoms. The number of Topliss-reactive ketones (excluding diaryl/α,β-unsaturated/α-hetero) is 2. The molecule has 4 aliphatic rings. The topological polar surface area (TPSA) is 200 Å². The zero-order valence-electron chi connectivity index (χ0n) is 35.2. The number of carbonyl (C=O) groups is 4. The lowest BCUT2D eigenvalue weighted by atomic mass is 9.79. The molecule has 1 amide bonds. The lowest BCUT2D eigenvalue weighted by molar-refractivity contribution is -0.274. The number of nitrogens with zero attached hydrogens (tertiary/aromatic N) is 1. The zero-order chi connectivity index (χ0) is 43.2. The third kappa shape index (κ3) is 14.2. The van der Waals surface area contributed by atoms with Crippen LogP contribution in [0.25, 0.3) is 0 Å². The van der Waals surface area contributed by atoms with Crippen molar-refractivity contribution in [3.8, 4) is 12.3 Å². The Bertz CT molecular complexity index is 1490. The van der Waals surface area contributed by atoms with E-state index < -0.39 is 77.8 Å². The number of methoxy groups -OCH3 is 1. The van der Waals surface area contributed by atoms with Gasteiger partial charge in [0.25, 0.3) is 11.7 Å². The fraction of sp³-hybridized carbons (Fsp3) is 0.739. The molecule has 3 heterocycles. The van der Waals surface area contributed by atoms with Gasteiger partial charge in [0.05, 0.1) is 24.4 Å². The molecule has 2 saturated heterocycles. The number of hydrogen-bond acceptors (Lipinski definition) is 12. The maximum absolute atomic E-state index is 14.1. The number of terminal acetylenes is 1. The van der Waals surface area contributed by atoms with Crippen LogP contribution < -0.4 is 0 Å². The average Bonchev–Trinajstić information content (AvgIpc) is 3.20. The van der Waals surface area contributed by atoms with Crippen molar-refractivity contribution in [3.63, 3.8) is 0 Å². The van der Waals surface area contributed by atoms with E-state index in [1.807, 2.05) is 26.0 Å². The minimum absolute atomic E-state index is 0. The van der Waals surface area contributed by atoms with Gasteiger partial charge in [0.2, 0.25) is 5.79 Å². The Morgan fingerprint density at radius 1 is 1.00 bits per heavy atom. The summed E-state index contributed by atoms with van der Waals surface area (Å²) in [6.45, 7) is 10.7. The van der Waals surface area contributed by atoms with Gasteiger partial charge in [0, 0.05) is 63.4 Å². The predicted octanol–water partition coefficient (Wildman–Crippen LogP) is 4.47. The molecular weight excluding hydrogens is 759 g/mol. The Kier molecular flexibility index (Phi) is 21.9. The summed E-state index contributed by atoms with van der Waals surface area (Å²) < 4.78 is 18.0. The first kappa shape index (κ1) is 51.9. The first-order valence-electron chi connectivity index (χ1n) is 21.0. The van der Waals surface area contributed by atoms with Crippen LogP contribution in [-0.4, -0.2) is 123 Å². The molecule has 0 spiro atoms. The summed E-state index contributed by atoms with van der Waals surface area (Å²) in [4.78, 5) is 56.9. The summed E-state index contributed by atoms with van der Waals surface area (Å²) in [7, 11) is 1.49. The molecule has 334 valence electrons. The van der Waals surface area contributed by atoms with Crippen LogP contribution in [0.3, 0.4) is 0 Å². The predicted molar refractivity (Wildman–Crippen MR) is 224 cm³/mol. The molecule has 4 rings (SSSR count). The summed E-state index contributed by atoms with van der Waals surface area (Å²) in [5.74, 6) is -5.66. The Labute approximate surface area is 352 Å². The van der Waals surface area contributed by atoms with Gasteiger partial charge in [0.1, 0.15) is 17.9 Å². The minimum Gasteiger partial charge on any atom is -0.456 e. The van der Waals surface area contributed by atoms with E-state index in [1.165, 1.54) is 7.11 Å². The molecular formula is C46H73NO12. The van der Waals surface area contributed by atoms with E-state index in [9.17, 15) is 44.7 Å². The smallest absolute Gasteiger partial charge is 0.329 e. The van der Waals surface area contributed by atoms with E-state index in [4.69, 9.17) is 14.2 Å². The highest BCUT2D eigenvalue weighted by Gasteiger charge is 2.52. The molecule has 13 nitrogen and oxygen atoms in total. The molecule has 1 aliphatic carbocycles. The molecule has 2 bridgehead atoms. The van der Waals surface area contributed by atoms with Gasteiger partial charge in [-0.15, -0.1) is 18.9 Å². The summed E-state index contributed by atoms with van der Waals surface area (Å²) in [6, 6.07) is -1.16. The number of carbonyl (C=O) groups excluding carboxylic acids is 4. The molecule has 0 aromatic carbocycles. The lowest BCUT2D eigenvalue weighted by Gasteiger charge is -2.44. The molecule has 0 radical (unpaired) electrons. The van der Waals surface area contributed by atoms with E-state index >= 15 is 0 Å². The van der Waals surface area contributed by atoms with E-state index in [0.717, 1.165) is 10.5 Å². The molecule has 0 aromatic heterocycles. The third-order valence-electron chi connectivity index (χ3n) is 12.3. The Hall–Kier alpha value is -3.22. The van der Waals surface area contributed by atoms with Crippen LogP contribution >= 0.6 is 0 Å². The Morgan fingerprint density at radius 2 is 1.68 bits per heavy atom. The van der Waals surface area contributed by atoms with Crippen molar-refractivity contribution >= 4 is 23.4 Å². The number of esters is 1. The van der Waals surface area contributed by atoms with Crippen LogP contribution in [0.2, 0.25) is 0 Å². The number of ketones is 2. The second kappa shape index (κ2) is 24.9. The van der Waals surface area contributed by atoms with Crippen LogP contribution in [0.1, 0.15) is 112 Å². The number of piperidine rings is 1. The molecule has 1 saturated carbocycles. The number of fused-ring (bicyclic) bond motifs is 3. The average molecular weight is 832 g/mol. The maximum atomic E-state index is 14.1. The maximum Gasteiger partial charge on any atom is 0.329 e. The molecule has 3 aliphatic heterocycles. The minimum atomic E-state index is -2.50. The summed E-state index contributed by atoms with van der Waals surface area (Å²) in [5, 5.41) is 53.6. The number of ether oxygens (including phenoxy) is 3. The van der Waals surface area contributed by atoms with Crippen LogP contribution in [0, 0.1) is 47.9 Å². The van der Waals surface area contributed by atoms with Crippen molar-refractivity contribution in [2.75, 3.05) is 26.9 Å².